The first-order chi connectivity index (χ1) is 18.6. The number of rotatable bonds is 25. The van der Waals surface area contributed by atoms with Gasteiger partial charge in [0.25, 0.3) is 0 Å². The summed E-state index contributed by atoms with van der Waals surface area (Å²) in [5.41, 5.74) is 0. The molecule has 0 aromatic carbocycles. The van der Waals surface area contributed by atoms with Crippen LogP contribution in [0.5, 0.6) is 0 Å². The third kappa shape index (κ3) is 14.9. The summed E-state index contributed by atoms with van der Waals surface area (Å²) in [7, 11) is 1.66. The van der Waals surface area contributed by atoms with Crippen molar-refractivity contribution in [1.29, 1.82) is 0 Å². The Hall–Kier alpha value is -1.15. The van der Waals surface area contributed by atoms with Crippen molar-refractivity contribution >= 4 is 23.7 Å². The van der Waals surface area contributed by atoms with Gasteiger partial charge in [0.2, 0.25) is 5.91 Å². The minimum Gasteiger partial charge on any atom is -0.382 e. The number of fused-ring (bicyclic) bond motifs is 1. The molecule has 12 heteroatoms. The second kappa shape index (κ2) is 21.6. The van der Waals surface area contributed by atoms with Crippen molar-refractivity contribution in [3.05, 3.63) is 0 Å². The van der Waals surface area contributed by atoms with Crippen LogP contribution >= 0.6 is 11.8 Å². The maximum absolute atomic E-state index is 12.0. The van der Waals surface area contributed by atoms with Crippen molar-refractivity contribution in [1.82, 2.24) is 16.0 Å². The van der Waals surface area contributed by atoms with Gasteiger partial charge in [0.15, 0.2) is 0 Å². The molecule has 11 nitrogen and oxygen atoms in total. The maximum Gasteiger partial charge on any atom is 0.315 e. The molecule has 3 N–H and O–H groups in total. The Morgan fingerprint density at radius 2 is 1.66 bits per heavy atom. The first-order valence-electron chi connectivity index (χ1n) is 14.0. The maximum atomic E-state index is 12.0. The normalized spacial score (nSPS) is 21.2. The Balaban J connectivity index is 1.27. The van der Waals surface area contributed by atoms with Crippen molar-refractivity contribution in [2.24, 2.45) is 0 Å². The standard InChI is InChI=1S/C26H49N3O8S/c1-3-10-37-21(18-32-2)19-36-17-16-35-15-14-34-13-12-33-11-6-9-27-24(30)8-5-4-7-23-25-22(20-38-23)28-26(31)29-25/h21-23,25H,3-20H2,1-2H3,(H,27,30)(H2,28,29,31). The van der Waals surface area contributed by atoms with Gasteiger partial charge in [-0.1, -0.05) is 13.3 Å². The fourth-order valence-electron chi connectivity index (χ4n) is 4.25. The van der Waals surface area contributed by atoms with Crippen molar-refractivity contribution in [2.45, 2.75) is 68.9 Å². The second-order valence-electron chi connectivity index (χ2n) is 9.43. The highest BCUT2D eigenvalue weighted by molar-refractivity contribution is 8.00. The minimum absolute atomic E-state index is 0.0401. The van der Waals surface area contributed by atoms with E-state index >= 15 is 0 Å². The fraction of sp³-hybridized carbons (Fsp3) is 0.923. The highest BCUT2D eigenvalue weighted by atomic mass is 32.2. The highest BCUT2D eigenvalue weighted by Gasteiger charge is 2.42. The van der Waals surface area contributed by atoms with Crippen LogP contribution < -0.4 is 16.0 Å². The summed E-state index contributed by atoms with van der Waals surface area (Å²) in [6, 6.07) is 0.447. The zero-order valence-corrected chi connectivity index (χ0v) is 24.0. The molecule has 2 saturated heterocycles. The number of carbonyl (C=O) groups excluding carboxylic acids is 2. The number of urea groups is 1. The summed E-state index contributed by atoms with van der Waals surface area (Å²) in [4.78, 5) is 23.4. The van der Waals surface area contributed by atoms with E-state index in [0.29, 0.717) is 84.3 Å². The number of ether oxygens (including phenoxy) is 6. The van der Waals surface area contributed by atoms with Crippen LogP contribution in [0.1, 0.15) is 45.4 Å². The van der Waals surface area contributed by atoms with Gasteiger partial charge in [-0.2, -0.15) is 11.8 Å². The third-order valence-corrected chi connectivity index (χ3v) is 7.71. The lowest BCUT2D eigenvalue weighted by Crippen LogP contribution is -2.36. The summed E-state index contributed by atoms with van der Waals surface area (Å²) >= 11 is 1.91. The van der Waals surface area contributed by atoms with Crippen LogP contribution in [-0.2, 0) is 33.2 Å². The van der Waals surface area contributed by atoms with Crippen LogP contribution in [0.25, 0.3) is 0 Å². The molecule has 0 spiro atoms. The molecule has 0 aromatic rings. The molecule has 222 valence electrons. The molecular formula is C26H49N3O8S. The first kappa shape index (κ1) is 33.1. The number of methoxy groups -OCH3 is 1. The Bertz CT molecular complexity index is 633. The molecule has 2 heterocycles. The molecule has 0 bridgehead atoms. The summed E-state index contributed by atoms with van der Waals surface area (Å²) in [5, 5.41) is 9.37. The molecule has 2 aliphatic heterocycles. The third-order valence-electron chi connectivity index (χ3n) is 6.20. The SMILES string of the molecule is CCCOC(COC)COCCOCCOCCOCCCNC(=O)CCCCC1SCC2NC(=O)NC21. The predicted molar refractivity (Wildman–Crippen MR) is 147 cm³/mol. The van der Waals surface area contributed by atoms with Gasteiger partial charge in [0, 0.05) is 44.3 Å². The van der Waals surface area contributed by atoms with E-state index < -0.39 is 0 Å². The Labute approximate surface area is 232 Å². The first-order valence-corrected chi connectivity index (χ1v) is 15.1. The van der Waals surface area contributed by atoms with Crippen LogP contribution in [0.4, 0.5) is 4.79 Å². The summed E-state index contributed by atoms with van der Waals surface area (Å²) in [6.45, 7) is 8.08. The number of unbranched alkanes of at least 4 members (excludes halogenated alkanes) is 1. The van der Waals surface area contributed by atoms with Gasteiger partial charge in [-0.25, -0.2) is 4.79 Å². The zero-order chi connectivity index (χ0) is 27.3. The molecule has 2 aliphatic rings. The molecular weight excluding hydrogens is 514 g/mol. The predicted octanol–water partition coefficient (Wildman–Crippen LogP) is 1.73. The number of carbonyl (C=O) groups is 2. The zero-order valence-electron chi connectivity index (χ0n) is 23.2. The van der Waals surface area contributed by atoms with Gasteiger partial charge in [-0.15, -0.1) is 0 Å². The number of amides is 3. The number of hydrogen-bond acceptors (Lipinski definition) is 9. The van der Waals surface area contributed by atoms with Gasteiger partial charge in [0.05, 0.1) is 64.9 Å². The van der Waals surface area contributed by atoms with E-state index in [2.05, 4.69) is 22.9 Å². The van der Waals surface area contributed by atoms with E-state index in [1.165, 1.54) is 0 Å². The molecule has 0 saturated carbocycles. The number of hydrogen-bond donors (Lipinski definition) is 3. The summed E-state index contributed by atoms with van der Waals surface area (Å²) in [6.07, 6.45) is 5.14. The van der Waals surface area contributed by atoms with E-state index in [4.69, 9.17) is 28.4 Å². The van der Waals surface area contributed by atoms with E-state index in [1.807, 2.05) is 11.8 Å². The van der Waals surface area contributed by atoms with E-state index in [9.17, 15) is 9.59 Å². The van der Waals surface area contributed by atoms with Crippen molar-refractivity contribution in [3.8, 4) is 0 Å². The number of nitrogens with one attached hydrogen (secondary N) is 3. The monoisotopic (exact) mass is 563 g/mol. The van der Waals surface area contributed by atoms with Gasteiger partial charge >= 0.3 is 6.03 Å². The van der Waals surface area contributed by atoms with Gasteiger partial charge in [0.1, 0.15) is 6.10 Å². The van der Waals surface area contributed by atoms with Gasteiger partial charge in [-0.3, -0.25) is 4.79 Å². The van der Waals surface area contributed by atoms with E-state index in [-0.39, 0.29) is 30.1 Å². The average Bonchev–Trinajstić information content (AvgIpc) is 3.46. The fourth-order valence-corrected chi connectivity index (χ4v) is 5.80. The lowest BCUT2D eigenvalue weighted by molar-refractivity contribution is -0.121. The van der Waals surface area contributed by atoms with Crippen LogP contribution in [-0.4, -0.2) is 121 Å². The molecule has 4 atom stereocenters. The van der Waals surface area contributed by atoms with Crippen molar-refractivity contribution in [3.63, 3.8) is 0 Å². The van der Waals surface area contributed by atoms with Crippen LogP contribution in [0.2, 0.25) is 0 Å². The molecule has 0 aromatic heterocycles. The minimum atomic E-state index is -0.0507. The van der Waals surface area contributed by atoms with Gasteiger partial charge in [-0.05, 0) is 25.7 Å². The van der Waals surface area contributed by atoms with Crippen molar-refractivity contribution in [2.75, 3.05) is 85.5 Å². The van der Waals surface area contributed by atoms with Gasteiger partial charge < -0.3 is 44.4 Å². The Morgan fingerprint density at radius 3 is 2.37 bits per heavy atom. The van der Waals surface area contributed by atoms with E-state index in [1.54, 1.807) is 7.11 Å². The average molecular weight is 564 g/mol. The molecule has 2 rings (SSSR count). The van der Waals surface area contributed by atoms with Crippen molar-refractivity contribution < 1.29 is 38.0 Å². The molecule has 0 radical (unpaired) electrons. The highest BCUT2D eigenvalue weighted by Crippen LogP contribution is 2.33. The topological polar surface area (TPSA) is 126 Å². The lowest BCUT2D eigenvalue weighted by Gasteiger charge is -2.16. The molecule has 4 unspecified atom stereocenters. The molecule has 38 heavy (non-hydrogen) atoms. The second-order valence-corrected chi connectivity index (χ2v) is 10.7. The van der Waals surface area contributed by atoms with Crippen LogP contribution in [0.15, 0.2) is 0 Å². The smallest absolute Gasteiger partial charge is 0.315 e. The number of thioether (sulfide) groups is 1. The molecule has 3 amide bonds. The molecule has 0 aliphatic carbocycles. The van der Waals surface area contributed by atoms with Crippen LogP contribution in [0, 0.1) is 0 Å². The Morgan fingerprint density at radius 1 is 0.947 bits per heavy atom. The Kier molecular flexibility index (Phi) is 18.8. The quantitative estimate of drug-likeness (QED) is 0.112. The van der Waals surface area contributed by atoms with E-state index in [0.717, 1.165) is 37.9 Å². The summed E-state index contributed by atoms with van der Waals surface area (Å²) < 4.78 is 32.9. The largest absolute Gasteiger partial charge is 0.382 e. The lowest BCUT2D eigenvalue weighted by atomic mass is 10.0. The summed E-state index contributed by atoms with van der Waals surface area (Å²) in [5.74, 6) is 1.06. The van der Waals surface area contributed by atoms with Crippen LogP contribution in [0.3, 0.4) is 0 Å². The molecule has 2 fully saturated rings.